The molecule has 7 aromatic carbocycles. The topological polar surface area (TPSA) is 22.8 Å². The van der Waals surface area contributed by atoms with Gasteiger partial charge in [-0.15, -0.1) is 0 Å². The molecule has 3 aromatic heterocycles. The van der Waals surface area contributed by atoms with Crippen molar-refractivity contribution in [3.8, 4) is 33.9 Å². The van der Waals surface area contributed by atoms with Gasteiger partial charge in [-0.2, -0.15) is 0 Å². The molecular weight excluding hydrogens is 583 g/mol. The van der Waals surface area contributed by atoms with E-state index < -0.39 is 0 Å². The van der Waals surface area contributed by atoms with Crippen LogP contribution in [0.1, 0.15) is 0 Å². The third-order valence-electron chi connectivity index (χ3n) is 9.65. The van der Waals surface area contributed by atoms with Crippen LogP contribution in [0.2, 0.25) is 0 Å². The van der Waals surface area contributed by atoms with Crippen molar-refractivity contribution in [2.24, 2.45) is 0 Å². The van der Waals surface area contributed by atoms with Gasteiger partial charge in [-0.05, 0) is 82.6 Å². The second kappa shape index (κ2) is 10.5. The van der Waals surface area contributed by atoms with Gasteiger partial charge in [-0.3, -0.25) is 4.57 Å². The SMILES string of the molecule is c1ccc(-c2cc(-c3ccccc3)nc(-n3c4ccccc4c4cc5cc6c7ccccc7n(-c7ccccc7)c6cc5cc43)c2)cc1. The second-order valence-corrected chi connectivity index (χ2v) is 12.5. The average Bonchev–Trinajstić information content (AvgIpc) is 3.65. The summed E-state index contributed by atoms with van der Waals surface area (Å²) < 4.78 is 4.74. The van der Waals surface area contributed by atoms with Crippen molar-refractivity contribution >= 4 is 54.4 Å². The van der Waals surface area contributed by atoms with Crippen molar-refractivity contribution in [3.05, 3.63) is 176 Å². The summed E-state index contributed by atoms with van der Waals surface area (Å²) in [6.07, 6.45) is 0. The normalized spacial score (nSPS) is 11.8. The molecule has 0 aliphatic heterocycles. The number of para-hydroxylation sites is 3. The Morgan fingerprint density at radius 1 is 0.333 bits per heavy atom. The Morgan fingerprint density at radius 2 is 0.833 bits per heavy atom. The largest absolute Gasteiger partial charge is 0.309 e. The number of benzene rings is 7. The lowest BCUT2D eigenvalue weighted by Crippen LogP contribution is -2.00. The fourth-order valence-corrected chi connectivity index (χ4v) is 7.47. The van der Waals surface area contributed by atoms with E-state index in [0.717, 1.165) is 39.4 Å². The van der Waals surface area contributed by atoms with E-state index in [4.69, 9.17) is 4.98 Å². The number of aromatic nitrogens is 3. The van der Waals surface area contributed by atoms with Crippen LogP contribution in [0.25, 0.3) is 88.3 Å². The third kappa shape index (κ3) is 4.11. The third-order valence-corrected chi connectivity index (χ3v) is 9.65. The van der Waals surface area contributed by atoms with Gasteiger partial charge >= 0.3 is 0 Å². The van der Waals surface area contributed by atoms with E-state index in [0.29, 0.717) is 0 Å². The highest BCUT2D eigenvalue weighted by molar-refractivity contribution is 6.18. The van der Waals surface area contributed by atoms with Crippen LogP contribution >= 0.6 is 0 Å². The minimum atomic E-state index is 0.903. The highest BCUT2D eigenvalue weighted by atomic mass is 15.1. The van der Waals surface area contributed by atoms with Gasteiger partial charge in [-0.25, -0.2) is 4.98 Å². The predicted molar refractivity (Wildman–Crippen MR) is 201 cm³/mol. The maximum absolute atomic E-state index is 5.34. The standard InChI is InChI=1S/C45H29N3/c1-4-14-30(15-5-1)33-26-40(31-16-6-2-7-17-31)46-45(29-33)48-42-23-13-11-21-37(42)39-25-32-24-38-36-20-10-12-22-41(36)47(35-18-8-3-9-19-35)43(38)27-34(32)28-44(39)48/h1-29H. The van der Waals surface area contributed by atoms with Gasteiger partial charge in [0, 0.05) is 32.8 Å². The molecule has 0 unspecified atom stereocenters. The van der Waals surface area contributed by atoms with Crippen molar-refractivity contribution in [1.29, 1.82) is 0 Å². The van der Waals surface area contributed by atoms with Gasteiger partial charge in [0.15, 0.2) is 0 Å². The highest BCUT2D eigenvalue weighted by Crippen LogP contribution is 2.39. The maximum Gasteiger partial charge on any atom is 0.138 e. The van der Waals surface area contributed by atoms with Gasteiger partial charge in [0.2, 0.25) is 0 Å². The molecule has 0 saturated carbocycles. The Balaban J connectivity index is 1.29. The van der Waals surface area contributed by atoms with E-state index in [-0.39, 0.29) is 0 Å². The molecule has 10 aromatic rings. The quantitative estimate of drug-likeness (QED) is 0.194. The molecule has 3 nitrogen and oxygen atoms in total. The Labute approximate surface area is 277 Å². The first-order valence-corrected chi connectivity index (χ1v) is 16.4. The summed E-state index contributed by atoms with van der Waals surface area (Å²) in [5.41, 5.74) is 10.2. The summed E-state index contributed by atoms with van der Waals surface area (Å²) in [5.74, 6) is 0.903. The number of rotatable bonds is 4. The number of hydrogen-bond donors (Lipinski definition) is 0. The van der Waals surface area contributed by atoms with E-state index in [1.165, 1.54) is 48.9 Å². The van der Waals surface area contributed by atoms with Crippen molar-refractivity contribution in [2.45, 2.75) is 0 Å². The van der Waals surface area contributed by atoms with Crippen molar-refractivity contribution in [1.82, 2.24) is 14.1 Å². The van der Waals surface area contributed by atoms with Crippen LogP contribution in [-0.2, 0) is 0 Å². The number of fused-ring (bicyclic) bond motifs is 7. The molecule has 48 heavy (non-hydrogen) atoms. The molecule has 0 spiro atoms. The summed E-state index contributed by atoms with van der Waals surface area (Å²) in [7, 11) is 0. The zero-order valence-electron chi connectivity index (χ0n) is 26.1. The van der Waals surface area contributed by atoms with Crippen LogP contribution < -0.4 is 0 Å². The van der Waals surface area contributed by atoms with E-state index in [9.17, 15) is 0 Å². The molecule has 3 heteroatoms. The summed E-state index contributed by atoms with van der Waals surface area (Å²) in [5, 5.41) is 7.38. The Morgan fingerprint density at radius 3 is 1.48 bits per heavy atom. The van der Waals surface area contributed by atoms with Gasteiger partial charge < -0.3 is 4.57 Å². The summed E-state index contributed by atoms with van der Waals surface area (Å²) >= 11 is 0. The lowest BCUT2D eigenvalue weighted by atomic mass is 10.0. The van der Waals surface area contributed by atoms with Crippen LogP contribution in [0.5, 0.6) is 0 Å². The maximum atomic E-state index is 5.34. The summed E-state index contributed by atoms with van der Waals surface area (Å²) in [6, 6.07) is 63.1. The summed E-state index contributed by atoms with van der Waals surface area (Å²) in [4.78, 5) is 5.34. The Kier molecular flexibility index (Phi) is 5.87. The Bertz CT molecular complexity index is 2750. The monoisotopic (exact) mass is 611 g/mol. The fraction of sp³-hybridized carbons (Fsp3) is 0. The lowest BCUT2D eigenvalue weighted by molar-refractivity contribution is 1.09. The van der Waals surface area contributed by atoms with Crippen molar-refractivity contribution < 1.29 is 0 Å². The molecule has 0 atom stereocenters. The van der Waals surface area contributed by atoms with Crippen LogP contribution in [0, 0.1) is 0 Å². The van der Waals surface area contributed by atoms with Crippen LogP contribution in [0.4, 0.5) is 0 Å². The molecule has 0 saturated heterocycles. The van der Waals surface area contributed by atoms with Gasteiger partial charge in [0.05, 0.1) is 27.8 Å². The number of nitrogens with zero attached hydrogens (tertiary/aromatic N) is 3. The Hall–Kier alpha value is -6.45. The number of pyridine rings is 1. The van der Waals surface area contributed by atoms with Gasteiger partial charge in [0.25, 0.3) is 0 Å². The zero-order valence-corrected chi connectivity index (χ0v) is 26.1. The first kappa shape index (κ1) is 26.7. The smallest absolute Gasteiger partial charge is 0.138 e. The van der Waals surface area contributed by atoms with Crippen LogP contribution in [0.3, 0.4) is 0 Å². The second-order valence-electron chi connectivity index (χ2n) is 12.5. The van der Waals surface area contributed by atoms with E-state index >= 15 is 0 Å². The molecule has 0 radical (unpaired) electrons. The molecule has 0 bridgehead atoms. The first-order valence-electron chi connectivity index (χ1n) is 16.4. The average molecular weight is 612 g/mol. The predicted octanol–water partition coefficient (Wildman–Crippen LogP) is 11.8. The van der Waals surface area contributed by atoms with E-state index in [2.05, 4.69) is 185 Å². The van der Waals surface area contributed by atoms with Gasteiger partial charge in [0.1, 0.15) is 5.82 Å². The molecule has 0 N–H and O–H groups in total. The van der Waals surface area contributed by atoms with Gasteiger partial charge in [-0.1, -0.05) is 115 Å². The molecule has 0 aliphatic rings. The molecule has 0 amide bonds. The lowest BCUT2D eigenvalue weighted by Gasteiger charge is -2.13. The molecule has 224 valence electrons. The minimum Gasteiger partial charge on any atom is -0.309 e. The van der Waals surface area contributed by atoms with Crippen molar-refractivity contribution in [3.63, 3.8) is 0 Å². The molecule has 3 heterocycles. The minimum absolute atomic E-state index is 0.903. The molecule has 0 fully saturated rings. The van der Waals surface area contributed by atoms with Crippen molar-refractivity contribution in [2.75, 3.05) is 0 Å². The molecular formula is C45H29N3. The first-order chi connectivity index (χ1) is 23.8. The number of hydrogen-bond acceptors (Lipinski definition) is 1. The zero-order chi connectivity index (χ0) is 31.6. The van der Waals surface area contributed by atoms with Crippen LogP contribution in [0.15, 0.2) is 176 Å². The van der Waals surface area contributed by atoms with E-state index in [1.54, 1.807) is 0 Å². The van der Waals surface area contributed by atoms with E-state index in [1.807, 2.05) is 0 Å². The molecule has 0 aliphatic carbocycles. The van der Waals surface area contributed by atoms with Crippen LogP contribution in [-0.4, -0.2) is 14.1 Å². The molecule has 10 rings (SSSR count). The fourth-order valence-electron chi connectivity index (χ4n) is 7.47. The highest BCUT2D eigenvalue weighted by Gasteiger charge is 2.18. The summed E-state index contributed by atoms with van der Waals surface area (Å²) in [6.45, 7) is 0.